The smallest absolute Gasteiger partial charge is 0.341 e. The van der Waals surface area contributed by atoms with Crippen LogP contribution in [-0.2, 0) is 16.0 Å². The van der Waals surface area contributed by atoms with Crippen LogP contribution in [0.25, 0.3) is 0 Å². The zero-order valence-corrected chi connectivity index (χ0v) is 16.8. The third-order valence-electron chi connectivity index (χ3n) is 4.68. The Labute approximate surface area is 163 Å². The molecule has 0 saturated carbocycles. The standard InChI is InChI=1S/C21H25NO4S/c1-4-25-21(24)19-18-14(3)6-5-7-16(18)27-20(19)22-17(23)12-26-15-10-8-13(2)9-11-15/h8-11,14H,4-7,12H2,1-3H3,(H,22,23). The molecule has 1 heterocycles. The predicted octanol–water partition coefficient (Wildman–Crippen LogP) is 4.69. The maximum absolute atomic E-state index is 12.5. The maximum atomic E-state index is 12.5. The van der Waals surface area contributed by atoms with Crippen LogP contribution in [0.4, 0.5) is 5.00 Å². The third-order valence-corrected chi connectivity index (χ3v) is 5.86. The van der Waals surface area contributed by atoms with Crippen molar-refractivity contribution in [2.24, 2.45) is 0 Å². The van der Waals surface area contributed by atoms with Gasteiger partial charge in [0.25, 0.3) is 5.91 Å². The zero-order valence-electron chi connectivity index (χ0n) is 16.0. The highest BCUT2D eigenvalue weighted by Gasteiger charge is 2.30. The lowest BCUT2D eigenvalue weighted by Crippen LogP contribution is -2.21. The number of nitrogens with one attached hydrogen (secondary N) is 1. The fraction of sp³-hybridized carbons (Fsp3) is 0.429. The van der Waals surface area contributed by atoms with Crippen molar-refractivity contribution in [2.75, 3.05) is 18.5 Å². The van der Waals surface area contributed by atoms with Crippen LogP contribution in [0, 0.1) is 6.92 Å². The van der Waals surface area contributed by atoms with E-state index in [0.29, 0.717) is 28.8 Å². The second-order valence-corrected chi connectivity index (χ2v) is 7.91. The number of aryl methyl sites for hydroxylation is 2. The van der Waals surface area contributed by atoms with E-state index in [1.165, 1.54) is 16.2 Å². The second-order valence-electron chi connectivity index (χ2n) is 6.81. The van der Waals surface area contributed by atoms with Crippen molar-refractivity contribution >= 4 is 28.2 Å². The molecule has 144 valence electrons. The molecule has 1 atom stereocenters. The van der Waals surface area contributed by atoms with Crippen molar-refractivity contribution in [3.8, 4) is 5.75 Å². The predicted molar refractivity (Wildman–Crippen MR) is 107 cm³/mol. The van der Waals surface area contributed by atoms with Gasteiger partial charge >= 0.3 is 5.97 Å². The van der Waals surface area contributed by atoms with Gasteiger partial charge in [0.1, 0.15) is 10.8 Å². The molecule has 27 heavy (non-hydrogen) atoms. The van der Waals surface area contributed by atoms with Crippen LogP contribution >= 0.6 is 11.3 Å². The van der Waals surface area contributed by atoms with Crippen molar-refractivity contribution in [1.82, 2.24) is 0 Å². The Hall–Kier alpha value is -2.34. The number of carbonyl (C=O) groups excluding carboxylic acids is 2. The Bertz CT molecular complexity index is 825. The Morgan fingerprint density at radius 3 is 2.70 bits per heavy atom. The summed E-state index contributed by atoms with van der Waals surface area (Å²) in [5, 5.41) is 3.44. The number of amides is 1. The van der Waals surface area contributed by atoms with Gasteiger partial charge in [-0.1, -0.05) is 24.6 Å². The minimum absolute atomic E-state index is 0.108. The lowest BCUT2D eigenvalue weighted by atomic mass is 9.86. The van der Waals surface area contributed by atoms with Gasteiger partial charge in [-0.15, -0.1) is 11.3 Å². The summed E-state index contributed by atoms with van der Waals surface area (Å²) in [6.07, 6.45) is 3.08. The van der Waals surface area contributed by atoms with Gasteiger partial charge < -0.3 is 14.8 Å². The van der Waals surface area contributed by atoms with Crippen molar-refractivity contribution in [2.45, 2.75) is 46.0 Å². The molecule has 5 nitrogen and oxygen atoms in total. The van der Waals surface area contributed by atoms with Crippen LogP contribution in [0.15, 0.2) is 24.3 Å². The number of thiophene rings is 1. The summed E-state index contributed by atoms with van der Waals surface area (Å²) in [7, 11) is 0. The molecular formula is C21H25NO4S. The van der Waals surface area contributed by atoms with E-state index in [1.807, 2.05) is 31.2 Å². The summed E-state index contributed by atoms with van der Waals surface area (Å²) in [4.78, 5) is 26.1. The van der Waals surface area contributed by atoms with Crippen molar-refractivity contribution in [3.05, 3.63) is 45.8 Å². The normalized spacial score (nSPS) is 15.7. The first-order valence-electron chi connectivity index (χ1n) is 9.31. The molecule has 1 unspecified atom stereocenters. The highest BCUT2D eigenvalue weighted by Crippen LogP contribution is 2.43. The number of hydrogen-bond donors (Lipinski definition) is 1. The molecule has 0 spiro atoms. The SMILES string of the molecule is CCOC(=O)c1c(NC(=O)COc2ccc(C)cc2)sc2c1C(C)CCC2. The number of fused-ring (bicyclic) bond motifs is 1. The monoisotopic (exact) mass is 387 g/mol. The molecule has 0 bridgehead atoms. The first kappa shape index (κ1) is 19.4. The quantitative estimate of drug-likeness (QED) is 0.730. The van der Waals surface area contributed by atoms with Crippen molar-refractivity contribution in [1.29, 1.82) is 0 Å². The molecule has 1 N–H and O–H groups in total. The number of benzene rings is 1. The minimum Gasteiger partial charge on any atom is -0.484 e. The summed E-state index contributed by atoms with van der Waals surface area (Å²) in [5.41, 5.74) is 2.69. The summed E-state index contributed by atoms with van der Waals surface area (Å²) in [5.74, 6) is 0.283. The molecule has 1 aromatic heterocycles. The fourth-order valence-electron chi connectivity index (χ4n) is 3.35. The first-order valence-corrected chi connectivity index (χ1v) is 10.1. The average Bonchev–Trinajstić information content (AvgIpc) is 3.01. The maximum Gasteiger partial charge on any atom is 0.341 e. The number of esters is 1. The van der Waals surface area contributed by atoms with E-state index in [0.717, 1.165) is 30.4 Å². The lowest BCUT2D eigenvalue weighted by molar-refractivity contribution is -0.118. The van der Waals surface area contributed by atoms with Crippen LogP contribution in [0.3, 0.4) is 0 Å². The number of ether oxygens (including phenoxy) is 2. The Balaban J connectivity index is 1.76. The Morgan fingerprint density at radius 2 is 2.00 bits per heavy atom. The Kier molecular flexibility index (Phi) is 6.16. The molecule has 1 aliphatic carbocycles. The second kappa shape index (κ2) is 8.57. The summed E-state index contributed by atoms with van der Waals surface area (Å²) >= 11 is 1.48. The van der Waals surface area contributed by atoms with Gasteiger partial charge in [-0.3, -0.25) is 4.79 Å². The van der Waals surface area contributed by atoms with Crippen LogP contribution < -0.4 is 10.1 Å². The summed E-state index contributed by atoms with van der Waals surface area (Å²) in [6, 6.07) is 7.53. The van der Waals surface area contributed by atoms with Crippen LogP contribution in [0.2, 0.25) is 0 Å². The van der Waals surface area contributed by atoms with Gasteiger partial charge in [-0.05, 0) is 56.7 Å². The summed E-state index contributed by atoms with van der Waals surface area (Å²) < 4.78 is 10.8. The fourth-order valence-corrected chi connectivity index (χ4v) is 4.72. The third kappa shape index (κ3) is 4.50. The minimum atomic E-state index is -0.362. The van der Waals surface area contributed by atoms with Gasteiger partial charge in [-0.25, -0.2) is 4.79 Å². The van der Waals surface area contributed by atoms with E-state index >= 15 is 0 Å². The van der Waals surface area contributed by atoms with E-state index in [-0.39, 0.29) is 18.5 Å². The molecule has 1 aromatic carbocycles. The topological polar surface area (TPSA) is 64.6 Å². The van der Waals surface area contributed by atoms with Crippen LogP contribution in [-0.4, -0.2) is 25.1 Å². The van der Waals surface area contributed by atoms with Crippen LogP contribution in [0.1, 0.15) is 59.0 Å². The van der Waals surface area contributed by atoms with Crippen molar-refractivity contribution < 1.29 is 19.1 Å². The molecule has 6 heteroatoms. The van der Waals surface area contributed by atoms with E-state index in [2.05, 4.69) is 12.2 Å². The highest BCUT2D eigenvalue weighted by atomic mass is 32.1. The molecular weight excluding hydrogens is 362 g/mol. The lowest BCUT2D eigenvalue weighted by Gasteiger charge is -2.19. The number of hydrogen-bond acceptors (Lipinski definition) is 5. The number of carbonyl (C=O) groups is 2. The Morgan fingerprint density at radius 1 is 1.26 bits per heavy atom. The molecule has 0 saturated heterocycles. The number of anilines is 1. The van der Waals surface area contributed by atoms with Gasteiger partial charge in [0.2, 0.25) is 0 Å². The molecule has 3 rings (SSSR count). The molecule has 1 amide bonds. The van der Waals surface area contributed by atoms with Gasteiger partial charge in [-0.2, -0.15) is 0 Å². The van der Waals surface area contributed by atoms with E-state index < -0.39 is 0 Å². The molecule has 1 aliphatic rings. The molecule has 0 fully saturated rings. The zero-order chi connectivity index (χ0) is 19.4. The molecule has 0 radical (unpaired) electrons. The van der Waals surface area contributed by atoms with E-state index in [4.69, 9.17) is 9.47 Å². The van der Waals surface area contributed by atoms with Gasteiger partial charge in [0, 0.05) is 4.88 Å². The highest BCUT2D eigenvalue weighted by molar-refractivity contribution is 7.17. The summed E-state index contributed by atoms with van der Waals surface area (Å²) in [6.45, 7) is 6.10. The van der Waals surface area contributed by atoms with E-state index in [9.17, 15) is 9.59 Å². The van der Waals surface area contributed by atoms with Gasteiger partial charge in [0.05, 0.1) is 12.2 Å². The van der Waals surface area contributed by atoms with Crippen LogP contribution in [0.5, 0.6) is 5.75 Å². The largest absolute Gasteiger partial charge is 0.484 e. The average molecular weight is 388 g/mol. The molecule has 0 aliphatic heterocycles. The van der Waals surface area contributed by atoms with Gasteiger partial charge in [0.15, 0.2) is 6.61 Å². The first-order chi connectivity index (χ1) is 13.0. The van der Waals surface area contributed by atoms with E-state index in [1.54, 1.807) is 6.92 Å². The number of rotatable bonds is 6. The molecule has 2 aromatic rings. The van der Waals surface area contributed by atoms with Crippen molar-refractivity contribution in [3.63, 3.8) is 0 Å².